The molecule has 1 heterocycles. The molecule has 1 N–H and O–H groups in total. The molecule has 2 aromatic carbocycles. The molecule has 0 atom stereocenters. The lowest BCUT2D eigenvalue weighted by molar-refractivity contribution is -0.113. The van der Waals surface area contributed by atoms with E-state index in [4.69, 9.17) is 23.2 Å². The Hall–Kier alpha value is -2.09. The third-order valence-electron chi connectivity index (χ3n) is 3.74. The molecule has 0 aliphatic heterocycles. The van der Waals surface area contributed by atoms with Gasteiger partial charge in [0, 0.05) is 24.2 Å². The van der Waals surface area contributed by atoms with Crippen LogP contribution >= 0.6 is 35.0 Å². The van der Waals surface area contributed by atoms with Crippen molar-refractivity contribution in [1.82, 2.24) is 14.8 Å². The summed E-state index contributed by atoms with van der Waals surface area (Å²) in [5.74, 6) is 0.147. The van der Waals surface area contributed by atoms with Crippen LogP contribution in [0.5, 0.6) is 0 Å². The van der Waals surface area contributed by atoms with Crippen LogP contribution in [0.4, 0.5) is 10.1 Å². The molecule has 9 heteroatoms. The fraction of sp³-hybridized carbons (Fsp3) is 0.167. The van der Waals surface area contributed by atoms with Crippen molar-refractivity contribution in [1.29, 1.82) is 0 Å². The van der Waals surface area contributed by atoms with E-state index in [1.165, 1.54) is 30.0 Å². The Morgan fingerprint density at radius 2 is 1.93 bits per heavy atom. The molecule has 1 aromatic heterocycles. The van der Waals surface area contributed by atoms with E-state index in [2.05, 4.69) is 15.5 Å². The third-order valence-corrected chi connectivity index (χ3v) is 5.30. The van der Waals surface area contributed by atoms with Crippen LogP contribution in [-0.4, -0.2) is 26.4 Å². The molecule has 0 radical (unpaired) electrons. The fourth-order valence-electron chi connectivity index (χ4n) is 2.31. The number of halogens is 3. The Balaban J connectivity index is 1.58. The number of nitrogens with zero attached hydrogens (tertiary/aromatic N) is 3. The van der Waals surface area contributed by atoms with E-state index in [0.29, 0.717) is 22.3 Å². The second-order valence-electron chi connectivity index (χ2n) is 5.73. The van der Waals surface area contributed by atoms with Crippen LogP contribution in [0.15, 0.2) is 47.6 Å². The summed E-state index contributed by atoms with van der Waals surface area (Å²) >= 11 is 12.9. The van der Waals surface area contributed by atoms with E-state index in [0.717, 1.165) is 11.4 Å². The number of carbonyl (C=O) groups is 1. The number of aromatic nitrogens is 3. The lowest BCUT2D eigenvalue weighted by Gasteiger charge is -2.06. The van der Waals surface area contributed by atoms with Crippen LogP contribution in [0.2, 0.25) is 10.0 Å². The quantitative estimate of drug-likeness (QED) is 0.588. The van der Waals surface area contributed by atoms with Gasteiger partial charge in [-0.1, -0.05) is 47.1 Å². The molecular weight excluding hydrogens is 410 g/mol. The number of hydrogen-bond acceptors (Lipinski definition) is 4. The molecule has 1 amide bonds. The van der Waals surface area contributed by atoms with Crippen LogP contribution < -0.4 is 5.32 Å². The summed E-state index contributed by atoms with van der Waals surface area (Å²) in [5.41, 5.74) is 1.51. The fourth-order valence-corrected chi connectivity index (χ4v) is 3.35. The van der Waals surface area contributed by atoms with Crippen molar-refractivity contribution >= 4 is 46.6 Å². The van der Waals surface area contributed by atoms with E-state index < -0.39 is 5.82 Å². The number of hydrogen-bond donors (Lipinski definition) is 1. The second kappa shape index (κ2) is 8.73. The first-order valence-electron chi connectivity index (χ1n) is 7.93. The number of thioether (sulfide) groups is 1. The number of benzene rings is 2. The van der Waals surface area contributed by atoms with Gasteiger partial charge in [0.15, 0.2) is 5.16 Å². The highest BCUT2D eigenvalue weighted by Crippen LogP contribution is 2.21. The van der Waals surface area contributed by atoms with Gasteiger partial charge < -0.3 is 9.88 Å². The number of amides is 1. The molecular formula is C18H15Cl2FN4OS. The summed E-state index contributed by atoms with van der Waals surface area (Å²) in [5, 5.41) is 12.3. The lowest BCUT2D eigenvalue weighted by atomic mass is 10.1. The lowest BCUT2D eigenvalue weighted by Crippen LogP contribution is -2.14. The largest absolute Gasteiger partial charge is 0.325 e. The van der Waals surface area contributed by atoms with E-state index >= 15 is 0 Å². The number of nitrogens with one attached hydrogen (secondary N) is 1. The van der Waals surface area contributed by atoms with Crippen LogP contribution in [0, 0.1) is 5.82 Å². The Bertz CT molecular complexity index is 962. The minimum Gasteiger partial charge on any atom is -0.325 e. The van der Waals surface area contributed by atoms with Gasteiger partial charge in [0.1, 0.15) is 11.6 Å². The summed E-state index contributed by atoms with van der Waals surface area (Å²) in [4.78, 5) is 12.1. The first-order valence-corrected chi connectivity index (χ1v) is 9.67. The number of rotatable bonds is 6. The van der Waals surface area contributed by atoms with Gasteiger partial charge in [0.05, 0.1) is 10.8 Å². The molecule has 0 unspecified atom stereocenters. The molecule has 0 aliphatic rings. The molecule has 0 saturated heterocycles. The highest BCUT2D eigenvalue weighted by atomic mass is 35.5. The standard InChI is InChI=1S/C18H15Cl2FN4OS/c1-25-16(8-11-2-4-12(19)5-3-11)23-24-18(25)27-10-17(26)22-13-6-7-15(21)14(20)9-13/h2-7,9H,8,10H2,1H3,(H,22,26). The molecule has 3 rings (SSSR count). The van der Waals surface area contributed by atoms with Crippen LogP contribution in [0.1, 0.15) is 11.4 Å². The second-order valence-corrected chi connectivity index (χ2v) is 7.51. The normalized spacial score (nSPS) is 10.8. The zero-order chi connectivity index (χ0) is 19.4. The molecule has 5 nitrogen and oxygen atoms in total. The molecule has 27 heavy (non-hydrogen) atoms. The average Bonchev–Trinajstić information content (AvgIpc) is 2.98. The number of anilines is 1. The van der Waals surface area contributed by atoms with Crippen molar-refractivity contribution in [3.05, 3.63) is 69.7 Å². The van der Waals surface area contributed by atoms with Gasteiger partial charge in [-0.2, -0.15) is 0 Å². The van der Waals surface area contributed by atoms with E-state index in [1.807, 2.05) is 35.9 Å². The maximum Gasteiger partial charge on any atom is 0.234 e. The molecule has 0 saturated carbocycles. The predicted octanol–water partition coefficient (Wildman–Crippen LogP) is 4.58. The first kappa shape index (κ1) is 19.7. The van der Waals surface area contributed by atoms with Crippen molar-refractivity contribution < 1.29 is 9.18 Å². The Morgan fingerprint density at radius 1 is 1.19 bits per heavy atom. The summed E-state index contributed by atoms with van der Waals surface area (Å²) in [6.07, 6.45) is 0.613. The third kappa shape index (κ3) is 5.22. The van der Waals surface area contributed by atoms with E-state index in [1.54, 1.807) is 0 Å². The van der Waals surface area contributed by atoms with Gasteiger partial charge in [-0.25, -0.2) is 4.39 Å². The number of carbonyl (C=O) groups excluding carboxylic acids is 1. The van der Waals surface area contributed by atoms with Crippen molar-refractivity contribution in [3.63, 3.8) is 0 Å². The minimum atomic E-state index is -0.531. The van der Waals surface area contributed by atoms with Gasteiger partial charge in [-0.05, 0) is 35.9 Å². The van der Waals surface area contributed by atoms with Crippen molar-refractivity contribution in [2.75, 3.05) is 11.1 Å². The minimum absolute atomic E-state index is 0.0411. The molecule has 3 aromatic rings. The highest BCUT2D eigenvalue weighted by molar-refractivity contribution is 7.99. The van der Waals surface area contributed by atoms with Gasteiger partial charge in [0.25, 0.3) is 0 Å². The molecule has 140 valence electrons. The van der Waals surface area contributed by atoms with Gasteiger partial charge in [-0.15, -0.1) is 10.2 Å². The van der Waals surface area contributed by atoms with E-state index in [-0.39, 0.29) is 16.7 Å². The smallest absolute Gasteiger partial charge is 0.234 e. The maximum absolute atomic E-state index is 13.2. The molecule has 0 bridgehead atoms. The first-order chi connectivity index (χ1) is 12.9. The van der Waals surface area contributed by atoms with Crippen LogP contribution in [-0.2, 0) is 18.3 Å². The summed E-state index contributed by atoms with van der Waals surface area (Å²) < 4.78 is 15.0. The van der Waals surface area contributed by atoms with Gasteiger partial charge in [-0.3, -0.25) is 4.79 Å². The molecule has 0 aliphatic carbocycles. The predicted molar refractivity (Wildman–Crippen MR) is 106 cm³/mol. The van der Waals surface area contributed by atoms with Gasteiger partial charge in [0.2, 0.25) is 5.91 Å². The zero-order valence-corrected chi connectivity index (χ0v) is 16.6. The Kier molecular flexibility index (Phi) is 6.36. The van der Waals surface area contributed by atoms with Crippen LogP contribution in [0.3, 0.4) is 0 Å². The van der Waals surface area contributed by atoms with E-state index in [9.17, 15) is 9.18 Å². The Labute approximate surface area is 169 Å². The zero-order valence-electron chi connectivity index (χ0n) is 14.2. The molecule has 0 fully saturated rings. The van der Waals surface area contributed by atoms with Crippen molar-refractivity contribution in [3.8, 4) is 0 Å². The maximum atomic E-state index is 13.2. The van der Waals surface area contributed by atoms with Gasteiger partial charge >= 0.3 is 0 Å². The van der Waals surface area contributed by atoms with Crippen molar-refractivity contribution in [2.45, 2.75) is 11.6 Å². The van der Waals surface area contributed by atoms with Crippen LogP contribution in [0.25, 0.3) is 0 Å². The molecule has 0 spiro atoms. The topological polar surface area (TPSA) is 59.8 Å². The Morgan fingerprint density at radius 3 is 2.63 bits per heavy atom. The summed E-state index contributed by atoms with van der Waals surface area (Å²) in [6, 6.07) is 11.6. The summed E-state index contributed by atoms with van der Waals surface area (Å²) in [6.45, 7) is 0. The SMILES string of the molecule is Cn1c(Cc2ccc(Cl)cc2)nnc1SCC(=O)Nc1ccc(F)c(Cl)c1. The average molecular weight is 425 g/mol. The summed E-state index contributed by atoms with van der Waals surface area (Å²) in [7, 11) is 1.85. The highest BCUT2D eigenvalue weighted by Gasteiger charge is 2.12. The monoisotopic (exact) mass is 424 g/mol. The van der Waals surface area contributed by atoms with Crippen molar-refractivity contribution in [2.24, 2.45) is 7.05 Å².